The van der Waals surface area contributed by atoms with Crippen molar-refractivity contribution in [3.63, 3.8) is 0 Å². The van der Waals surface area contributed by atoms with Crippen LogP contribution in [0.15, 0.2) is 4.42 Å². The zero-order chi connectivity index (χ0) is 8.55. The summed E-state index contributed by atoms with van der Waals surface area (Å²) < 4.78 is 5.35. The Morgan fingerprint density at radius 3 is 2.67 bits per heavy atom. The number of hydrogen-bond acceptors (Lipinski definition) is 3. The molecule has 12 heavy (non-hydrogen) atoms. The van der Waals surface area contributed by atoms with Crippen LogP contribution in [0, 0.1) is 19.8 Å². The third-order valence-electron chi connectivity index (χ3n) is 2.35. The Morgan fingerprint density at radius 2 is 2.25 bits per heavy atom. The van der Waals surface area contributed by atoms with Gasteiger partial charge >= 0.3 is 0 Å². The monoisotopic (exact) mass is 166 g/mol. The standard InChI is InChI=1S/C9H14N2O/c1-6-9(11-7(2)12-6)3-8-4-10-5-8/h8,10H,3-5H2,1-2H3. The number of aryl methyl sites for hydroxylation is 2. The first kappa shape index (κ1) is 7.80. The maximum atomic E-state index is 5.35. The third kappa shape index (κ3) is 1.37. The van der Waals surface area contributed by atoms with Crippen molar-refractivity contribution in [3.8, 4) is 0 Å². The van der Waals surface area contributed by atoms with Crippen molar-refractivity contribution in [1.82, 2.24) is 10.3 Å². The summed E-state index contributed by atoms with van der Waals surface area (Å²) in [7, 11) is 0. The van der Waals surface area contributed by atoms with Gasteiger partial charge in [-0.1, -0.05) is 0 Å². The minimum atomic E-state index is 0.771. The van der Waals surface area contributed by atoms with E-state index in [0.29, 0.717) is 0 Å². The van der Waals surface area contributed by atoms with Gasteiger partial charge in [-0.15, -0.1) is 0 Å². The number of nitrogens with one attached hydrogen (secondary N) is 1. The van der Waals surface area contributed by atoms with Crippen molar-refractivity contribution in [1.29, 1.82) is 0 Å². The second-order valence-electron chi connectivity index (χ2n) is 3.46. The smallest absolute Gasteiger partial charge is 0.191 e. The predicted molar refractivity (Wildman–Crippen MR) is 46.0 cm³/mol. The zero-order valence-electron chi connectivity index (χ0n) is 7.55. The summed E-state index contributed by atoms with van der Waals surface area (Å²) in [6.07, 6.45) is 1.07. The molecule has 1 saturated heterocycles. The molecule has 0 spiro atoms. The van der Waals surface area contributed by atoms with Crippen molar-refractivity contribution in [2.75, 3.05) is 13.1 Å². The van der Waals surface area contributed by atoms with Crippen molar-refractivity contribution in [2.45, 2.75) is 20.3 Å². The Bertz CT molecular complexity index is 276. The van der Waals surface area contributed by atoms with Crippen molar-refractivity contribution >= 4 is 0 Å². The van der Waals surface area contributed by atoms with Gasteiger partial charge in [0.05, 0.1) is 5.69 Å². The molecule has 3 heteroatoms. The Hall–Kier alpha value is -0.830. The average molecular weight is 166 g/mol. The molecule has 66 valence electrons. The van der Waals surface area contributed by atoms with Crippen LogP contribution in [0.4, 0.5) is 0 Å². The highest BCUT2D eigenvalue weighted by Crippen LogP contribution is 2.16. The van der Waals surface area contributed by atoms with Gasteiger partial charge < -0.3 is 9.73 Å². The summed E-state index contributed by atoms with van der Waals surface area (Å²) >= 11 is 0. The zero-order valence-corrected chi connectivity index (χ0v) is 7.55. The van der Waals surface area contributed by atoms with Crippen LogP contribution in [-0.4, -0.2) is 18.1 Å². The predicted octanol–water partition coefficient (Wildman–Crippen LogP) is 1.05. The number of nitrogens with zero attached hydrogens (tertiary/aromatic N) is 1. The molecule has 0 amide bonds. The van der Waals surface area contributed by atoms with Crippen LogP contribution >= 0.6 is 0 Å². The van der Waals surface area contributed by atoms with Crippen LogP contribution in [0.1, 0.15) is 17.3 Å². The fourth-order valence-electron chi connectivity index (χ4n) is 1.53. The summed E-state index contributed by atoms with van der Waals surface area (Å²) in [6, 6.07) is 0. The van der Waals surface area contributed by atoms with E-state index in [1.165, 1.54) is 0 Å². The fraction of sp³-hybridized carbons (Fsp3) is 0.667. The first-order valence-electron chi connectivity index (χ1n) is 4.39. The third-order valence-corrected chi connectivity index (χ3v) is 2.35. The second-order valence-corrected chi connectivity index (χ2v) is 3.46. The molecule has 0 aliphatic carbocycles. The van der Waals surface area contributed by atoms with E-state index in [9.17, 15) is 0 Å². The normalized spacial score (nSPS) is 17.8. The van der Waals surface area contributed by atoms with Crippen LogP contribution in [0.2, 0.25) is 0 Å². The van der Waals surface area contributed by atoms with E-state index in [-0.39, 0.29) is 0 Å². The molecular formula is C9H14N2O. The first-order chi connectivity index (χ1) is 5.75. The highest BCUT2D eigenvalue weighted by molar-refractivity contribution is 5.09. The maximum Gasteiger partial charge on any atom is 0.191 e. The summed E-state index contributed by atoms with van der Waals surface area (Å²) in [5.41, 5.74) is 1.14. The molecule has 0 unspecified atom stereocenters. The minimum absolute atomic E-state index is 0.771. The lowest BCUT2D eigenvalue weighted by Crippen LogP contribution is -2.43. The molecule has 1 aromatic rings. The molecule has 1 fully saturated rings. The van der Waals surface area contributed by atoms with Crippen LogP contribution in [-0.2, 0) is 6.42 Å². The molecule has 1 aromatic heterocycles. The molecule has 2 heterocycles. The molecule has 1 N–H and O–H groups in total. The van der Waals surface area contributed by atoms with E-state index >= 15 is 0 Å². The van der Waals surface area contributed by atoms with Gasteiger partial charge in [0.15, 0.2) is 5.89 Å². The SMILES string of the molecule is Cc1nc(CC2CNC2)c(C)o1. The molecule has 0 bridgehead atoms. The summed E-state index contributed by atoms with van der Waals surface area (Å²) in [5.74, 6) is 2.54. The largest absolute Gasteiger partial charge is 0.446 e. The van der Waals surface area contributed by atoms with Gasteiger partial charge in [0.1, 0.15) is 5.76 Å². The summed E-state index contributed by atoms with van der Waals surface area (Å²) in [6.45, 7) is 6.15. The molecule has 0 saturated carbocycles. The number of rotatable bonds is 2. The fourth-order valence-corrected chi connectivity index (χ4v) is 1.53. The molecule has 0 radical (unpaired) electrons. The summed E-state index contributed by atoms with van der Waals surface area (Å²) in [5, 5.41) is 3.25. The van der Waals surface area contributed by atoms with Crippen LogP contribution in [0.5, 0.6) is 0 Å². The molecule has 3 nitrogen and oxygen atoms in total. The lowest BCUT2D eigenvalue weighted by molar-refractivity contribution is 0.343. The van der Waals surface area contributed by atoms with Crippen LogP contribution in [0.3, 0.4) is 0 Å². The van der Waals surface area contributed by atoms with Gasteiger partial charge in [-0.05, 0) is 32.4 Å². The van der Waals surface area contributed by atoms with E-state index < -0.39 is 0 Å². The highest BCUT2D eigenvalue weighted by atomic mass is 16.4. The Morgan fingerprint density at radius 1 is 1.50 bits per heavy atom. The van der Waals surface area contributed by atoms with Crippen LogP contribution < -0.4 is 5.32 Å². The molecule has 1 aliphatic heterocycles. The van der Waals surface area contributed by atoms with Crippen molar-refractivity contribution in [3.05, 3.63) is 17.3 Å². The Kier molecular flexibility index (Phi) is 1.89. The maximum absolute atomic E-state index is 5.35. The van der Waals surface area contributed by atoms with E-state index in [1.807, 2.05) is 13.8 Å². The van der Waals surface area contributed by atoms with Gasteiger partial charge in [-0.25, -0.2) is 4.98 Å². The van der Waals surface area contributed by atoms with Gasteiger partial charge in [0.25, 0.3) is 0 Å². The average Bonchev–Trinajstić information content (AvgIpc) is 2.21. The molecule has 1 aliphatic rings. The quantitative estimate of drug-likeness (QED) is 0.713. The molecule has 0 atom stereocenters. The summed E-state index contributed by atoms with van der Waals surface area (Å²) in [4.78, 5) is 4.34. The Balaban J connectivity index is 2.05. The highest BCUT2D eigenvalue weighted by Gasteiger charge is 2.19. The lowest BCUT2D eigenvalue weighted by Gasteiger charge is -2.26. The van der Waals surface area contributed by atoms with Crippen molar-refractivity contribution < 1.29 is 4.42 Å². The van der Waals surface area contributed by atoms with E-state index in [2.05, 4.69) is 10.3 Å². The van der Waals surface area contributed by atoms with Crippen molar-refractivity contribution in [2.24, 2.45) is 5.92 Å². The van der Waals surface area contributed by atoms with E-state index in [0.717, 1.165) is 42.8 Å². The lowest BCUT2D eigenvalue weighted by atomic mass is 9.97. The van der Waals surface area contributed by atoms with Gasteiger partial charge in [0, 0.05) is 6.92 Å². The first-order valence-corrected chi connectivity index (χ1v) is 4.39. The molecule has 2 rings (SSSR count). The van der Waals surface area contributed by atoms with Gasteiger partial charge in [0.2, 0.25) is 0 Å². The number of aromatic nitrogens is 1. The topological polar surface area (TPSA) is 38.1 Å². The molecule has 0 aromatic carbocycles. The van der Waals surface area contributed by atoms with E-state index in [1.54, 1.807) is 0 Å². The Labute approximate surface area is 72.2 Å². The van der Waals surface area contributed by atoms with Gasteiger partial charge in [-0.2, -0.15) is 0 Å². The van der Waals surface area contributed by atoms with E-state index in [4.69, 9.17) is 4.42 Å². The van der Waals surface area contributed by atoms with Crippen LogP contribution in [0.25, 0.3) is 0 Å². The second kappa shape index (κ2) is 2.90. The van der Waals surface area contributed by atoms with Gasteiger partial charge in [-0.3, -0.25) is 0 Å². The number of hydrogen-bond donors (Lipinski definition) is 1. The molecular weight excluding hydrogens is 152 g/mol. The number of oxazole rings is 1. The minimum Gasteiger partial charge on any atom is -0.446 e.